The summed E-state index contributed by atoms with van der Waals surface area (Å²) in [7, 11) is 0. The molecule has 10 heteroatoms. The summed E-state index contributed by atoms with van der Waals surface area (Å²) in [4.78, 5) is 0. The molecule has 0 unspecified atom stereocenters. The highest BCUT2D eigenvalue weighted by atomic mass is 16.8. The van der Waals surface area contributed by atoms with Crippen molar-refractivity contribution in [1.29, 1.82) is 0 Å². The summed E-state index contributed by atoms with van der Waals surface area (Å²) in [6, 6.07) is 0. The van der Waals surface area contributed by atoms with Crippen LogP contribution in [0.4, 0.5) is 0 Å². The minimum Gasteiger partial charge on any atom is -0.394 e. The highest BCUT2D eigenvalue weighted by Crippen LogP contribution is 2.27. The summed E-state index contributed by atoms with van der Waals surface area (Å²) < 4.78 is 15.5. The molecule has 7 N–H and O–H groups in total. The summed E-state index contributed by atoms with van der Waals surface area (Å²) in [6.07, 6.45) is -14.3. The SMILES string of the molecule is C[C@H]1O[C@H](O[C@H]2O[C@H](CO)[C@@H](O)[C@H](O)[C@H]2O)[C@H](O)[C@@H](O)[C@@H]1O. The second-order valence-electron chi connectivity index (χ2n) is 5.51. The van der Waals surface area contributed by atoms with E-state index in [1.165, 1.54) is 6.92 Å². The van der Waals surface area contributed by atoms with E-state index in [0.29, 0.717) is 0 Å². The van der Waals surface area contributed by atoms with Crippen LogP contribution in [-0.4, -0.2) is 104 Å². The van der Waals surface area contributed by atoms with Gasteiger partial charge in [-0.1, -0.05) is 0 Å². The molecule has 10 nitrogen and oxygen atoms in total. The van der Waals surface area contributed by atoms with Crippen LogP contribution in [0, 0.1) is 0 Å². The number of hydrogen-bond donors (Lipinski definition) is 7. The maximum absolute atomic E-state index is 9.83. The molecule has 0 aromatic carbocycles. The van der Waals surface area contributed by atoms with E-state index in [9.17, 15) is 30.6 Å². The lowest BCUT2D eigenvalue weighted by atomic mass is 9.98. The van der Waals surface area contributed by atoms with E-state index >= 15 is 0 Å². The summed E-state index contributed by atoms with van der Waals surface area (Å²) in [6.45, 7) is 0.819. The Kier molecular flexibility index (Phi) is 5.72. The zero-order valence-electron chi connectivity index (χ0n) is 11.8. The van der Waals surface area contributed by atoms with Gasteiger partial charge in [-0.3, -0.25) is 0 Å². The second kappa shape index (κ2) is 7.01. The zero-order chi connectivity index (χ0) is 16.6. The number of hydrogen-bond acceptors (Lipinski definition) is 10. The Morgan fingerprint density at radius 3 is 1.77 bits per heavy atom. The molecule has 0 aromatic heterocycles. The Morgan fingerprint density at radius 1 is 0.727 bits per heavy atom. The van der Waals surface area contributed by atoms with Crippen LogP contribution >= 0.6 is 0 Å². The zero-order valence-corrected chi connectivity index (χ0v) is 11.8. The van der Waals surface area contributed by atoms with Gasteiger partial charge in [0.2, 0.25) is 0 Å². The molecule has 2 aliphatic rings. The van der Waals surface area contributed by atoms with Crippen molar-refractivity contribution < 1.29 is 50.0 Å². The van der Waals surface area contributed by atoms with Crippen LogP contribution in [-0.2, 0) is 14.2 Å². The third kappa shape index (κ3) is 3.26. The minimum absolute atomic E-state index is 0.628. The first-order valence-electron chi connectivity index (χ1n) is 6.93. The highest BCUT2D eigenvalue weighted by Gasteiger charge is 2.48. The predicted octanol–water partition coefficient (Wildman–Crippen LogP) is -4.37. The molecule has 0 saturated carbocycles. The first kappa shape index (κ1) is 17.9. The lowest BCUT2D eigenvalue weighted by molar-refractivity contribution is -0.373. The molecule has 0 bridgehead atoms. The number of aliphatic hydroxyl groups is 7. The molecule has 2 aliphatic heterocycles. The summed E-state index contributed by atoms with van der Waals surface area (Å²) in [5, 5.41) is 67.3. The molecule has 0 spiro atoms. The van der Waals surface area contributed by atoms with Crippen molar-refractivity contribution >= 4 is 0 Å². The van der Waals surface area contributed by atoms with Gasteiger partial charge < -0.3 is 50.0 Å². The average Bonchev–Trinajstić information content (AvgIpc) is 2.50. The quantitative estimate of drug-likeness (QED) is 0.269. The van der Waals surface area contributed by atoms with Gasteiger partial charge >= 0.3 is 0 Å². The third-order valence-electron chi connectivity index (χ3n) is 3.93. The van der Waals surface area contributed by atoms with Crippen molar-refractivity contribution in [3.05, 3.63) is 0 Å². The summed E-state index contributed by atoms with van der Waals surface area (Å²) in [5.74, 6) is 0. The highest BCUT2D eigenvalue weighted by molar-refractivity contribution is 4.91. The Balaban J connectivity index is 2.05. The van der Waals surface area contributed by atoms with Gasteiger partial charge in [-0.25, -0.2) is 0 Å². The standard InChI is InChI=1S/C12H22O10/c1-3-5(14)7(16)9(18)11(20-3)22-12-10(19)8(17)6(15)4(2-13)21-12/h3-19H,2H2,1H3/t3-,4-,5-,6-,7+,8+,9-,10-,11-,12-/m1/s1. The Hall–Kier alpha value is -0.400. The van der Waals surface area contributed by atoms with E-state index in [-0.39, 0.29) is 0 Å². The molecular formula is C12H22O10. The molecule has 0 amide bonds. The Bertz CT molecular complexity index is 366. The molecule has 0 radical (unpaired) electrons. The monoisotopic (exact) mass is 326 g/mol. The van der Waals surface area contributed by atoms with Gasteiger partial charge in [0.05, 0.1) is 12.7 Å². The van der Waals surface area contributed by atoms with Crippen molar-refractivity contribution in [2.24, 2.45) is 0 Å². The van der Waals surface area contributed by atoms with Crippen molar-refractivity contribution in [2.75, 3.05) is 6.61 Å². The van der Waals surface area contributed by atoms with E-state index in [1.54, 1.807) is 0 Å². The molecule has 0 aromatic rings. The first-order chi connectivity index (χ1) is 10.3. The van der Waals surface area contributed by atoms with Crippen molar-refractivity contribution in [3.63, 3.8) is 0 Å². The van der Waals surface area contributed by atoms with Crippen LogP contribution < -0.4 is 0 Å². The normalized spacial score (nSPS) is 53.5. The average molecular weight is 326 g/mol. The molecule has 2 rings (SSSR count). The van der Waals surface area contributed by atoms with E-state index in [0.717, 1.165) is 0 Å². The van der Waals surface area contributed by atoms with Crippen LogP contribution in [0.3, 0.4) is 0 Å². The van der Waals surface area contributed by atoms with Crippen LogP contribution in [0.5, 0.6) is 0 Å². The largest absolute Gasteiger partial charge is 0.394 e. The first-order valence-corrected chi connectivity index (χ1v) is 6.93. The fourth-order valence-electron chi connectivity index (χ4n) is 2.44. The van der Waals surface area contributed by atoms with Crippen LogP contribution in [0.1, 0.15) is 6.92 Å². The van der Waals surface area contributed by atoms with Gasteiger partial charge in [0.1, 0.15) is 42.7 Å². The van der Waals surface area contributed by atoms with E-state index < -0.39 is 68.0 Å². The fraction of sp³-hybridized carbons (Fsp3) is 1.00. The smallest absolute Gasteiger partial charge is 0.189 e. The second-order valence-corrected chi connectivity index (χ2v) is 5.51. The topological polar surface area (TPSA) is 169 Å². The maximum Gasteiger partial charge on any atom is 0.189 e. The molecule has 2 fully saturated rings. The Labute approximate surface area is 126 Å². The third-order valence-corrected chi connectivity index (χ3v) is 3.93. The van der Waals surface area contributed by atoms with E-state index in [1.807, 2.05) is 0 Å². The minimum atomic E-state index is -1.66. The molecule has 10 atom stereocenters. The molecule has 0 aliphatic carbocycles. The maximum atomic E-state index is 9.83. The summed E-state index contributed by atoms with van der Waals surface area (Å²) >= 11 is 0. The van der Waals surface area contributed by atoms with Gasteiger partial charge in [0.25, 0.3) is 0 Å². The van der Waals surface area contributed by atoms with Crippen molar-refractivity contribution in [3.8, 4) is 0 Å². The molecule has 2 heterocycles. The van der Waals surface area contributed by atoms with Gasteiger partial charge in [-0.15, -0.1) is 0 Å². The van der Waals surface area contributed by atoms with Gasteiger partial charge in [0.15, 0.2) is 12.6 Å². The van der Waals surface area contributed by atoms with Crippen molar-refractivity contribution in [2.45, 2.75) is 68.3 Å². The van der Waals surface area contributed by atoms with Gasteiger partial charge in [0, 0.05) is 0 Å². The lowest BCUT2D eigenvalue weighted by Crippen LogP contribution is -2.63. The Morgan fingerprint density at radius 2 is 1.23 bits per heavy atom. The number of aliphatic hydroxyl groups excluding tert-OH is 7. The van der Waals surface area contributed by atoms with Gasteiger partial charge in [-0.2, -0.15) is 0 Å². The van der Waals surface area contributed by atoms with Crippen LogP contribution in [0.2, 0.25) is 0 Å². The van der Waals surface area contributed by atoms with E-state index in [2.05, 4.69) is 0 Å². The predicted molar refractivity (Wildman–Crippen MR) is 67.2 cm³/mol. The molecule has 130 valence electrons. The van der Waals surface area contributed by atoms with E-state index in [4.69, 9.17) is 19.3 Å². The van der Waals surface area contributed by atoms with Crippen molar-refractivity contribution in [1.82, 2.24) is 0 Å². The van der Waals surface area contributed by atoms with Crippen LogP contribution in [0.15, 0.2) is 0 Å². The molecular weight excluding hydrogens is 304 g/mol. The van der Waals surface area contributed by atoms with Gasteiger partial charge in [-0.05, 0) is 6.92 Å². The lowest BCUT2D eigenvalue weighted by Gasteiger charge is -2.44. The fourth-order valence-corrected chi connectivity index (χ4v) is 2.44. The summed E-state index contributed by atoms with van der Waals surface area (Å²) in [5.41, 5.74) is 0. The van der Waals surface area contributed by atoms with Crippen LogP contribution in [0.25, 0.3) is 0 Å². The molecule has 2 saturated heterocycles. The number of ether oxygens (including phenoxy) is 3. The number of rotatable bonds is 3. The molecule has 22 heavy (non-hydrogen) atoms.